The normalized spacial score (nSPS) is 15.8. The van der Waals surface area contributed by atoms with Crippen LogP contribution in [0.15, 0.2) is 30.5 Å². The molecule has 0 unspecified atom stereocenters. The maximum absolute atomic E-state index is 12.2. The highest BCUT2D eigenvalue weighted by Crippen LogP contribution is 2.26. The van der Waals surface area contributed by atoms with Gasteiger partial charge < -0.3 is 14.7 Å². The van der Waals surface area contributed by atoms with Gasteiger partial charge >= 0.3 is 0 Å². The van der Waals surface area contributed by atoms with Gasteiger partial charge in [0, 0.05) is 57.6 Å². The minimum atomic E-state index is -0.0380. The third kappa shape index (κ3) is 5.39. The molecular formula is C19H28N4O2. The van der Waals surface area contributed by atoms with Crippen LogP contribution in [0.25, 0.3) is 0 Å². The standard InChI is InChI=1S/C19H28N4O2/c1-21(2)11-5-6-18(24)23-12-9-15(10-13-23)17-8-7-16(14-20-17)19(25)22(3)4/h5-8,14-15H,9-13H2,1-4H3/b6-5+. The van der Waals surface area contributed by atoms with Crippen molar-refractivity contribution in [2.75, 3.05) is 47.8 Å². The zero-order chi connectivity index (χ0) is 18.4. The summed E-state index contributed by atoms with van der Waals surface area (Å²) in [6.07, 6.45) is 7.03. The van der Waals surface area contributed by atoms with E-state index in [1.54, 1.807) is 31.3 Å². The summed E-state index contributed by atoms with van der Waals surface area (Å²) in [5, 5.41) is 0. The van der Waals surface area contributed by atoms with E-state index < -0.39 is 0 Å². The molecule has 1 fully saturated rings. The first-order chi connectivity index (χ1) is 11.9. The van der Waals surface area contributed by atoms with Crippen molar-refractivity contribution in [2.24, 2.45) is 0 Å². The molecule has 0 saturated carbocycles. The Morgan fingerprint density at radius 1 is 1.20 bits per heavy atom. The number of carbonyl (C=O) groups excluding carboxylic acids is 2. The van der Waals surface area contributed by atoms with Gasteiger partial charge in [0.2, 0.25) is 5.91 Å². The number of carbonyl (C=O) groups is 2. The van der Waals surface area contributed by atoms with Crippen LogP contribution in [-0.4, -0.2) is 79.3 Å². The monoisotopic (exact) mass is 344 g/mol. The summed E-state index contributed by atoms with van der Waals surface area (Å²) in [5.41, 5.74) is 1.61. The number of aromatic nitrogens is 1. The van der Waals surface area contributed by atoms with E-state index in [1.807, 2.05) is 42.1 Å². The van der Waals surface area contributed by atoms with E-state index in [4.69, 9.17) is 0 Å². The molecule has 0 aromatic carbocycles. The maximum Gasteiger partial charge on any atom is 0.254 e. The molecule has 0 radical (unpaired) electrons. The van der Waals surface area contributed by atoms with Crippen LogP contribution in [0.4, 0.5) is 0 Å². The van der Waals surface area contributed by atoms with Crippen molar-refractivity contribution in [2.45, 2.75) is 18.8 Å². The highest BCUT2D eigenvalue weighted by atomic mass is 16.2. The largest absolute Gasteiger partial charge is 0.345 e. The van der Waals surface area contributed by atoms with Crippen molar-refractivity contribution in [3.8, 4) is 0 Å². The van der Waals surface area contributed by atoms with Gasteiger partial charge in [0.1, 0.15) is 0 Å². The molecule has 1 aliphatic heterocycles. The van der Waals surface area contributed by atoms with Gasteiger partial charge in [-0.3, -0.25) is 14.6 Å². The molecule has 0 spiro atoms. The lowest BCUT2D eigenvalue weighted by atomic mass is 9.92. The number of amides is 2. The van der Waals surface area contributed by atoms with Crippen LogP contribution in [0.3, 0.4) is 0 Å². The Bertz CT molecular complexity index is 615. The Balaban J connectivity index is 1.88. The molecule has 6 heteroatoms. The molecular weight excluding hydrogens is 316 g/mol. The minimum absolute atomic E-state index is 0.0380. The van der Waals surface area contributed by atoms with Crippen LogP contribution in [0.1, 0.15) is 34.8 Å². The van der Waals surface area contributed by atoms with Gasteiger partial charge in [-0.1, -0.05) is 6.08 Å². The molecule has 136 valence electrons. The lowest BCUT2D eigenvalue weighted by Crippen LogP contribution is -2.37. The van der Waals surface area contributed by atoms with Gasteiger partial charge in [0.25, 0.3) is 5.91 Å². The highest BCUT2D eigenvalue weighted by Gasteiger charge is 2.23. The van der Waals surface area contributed by atoms with Crippen LogP contribution in [0.2, 0.25) is 0 Å². The molecule has 25 heavy (non-hydrogen) atoms. The second-order valence-electron chi connectivity index (χ2n) is 6.94. The van der Waals surface area contributed by atoms with E-state index in [-0.39, 0.29) is 11.8 Å². The van der Waals surface area contributed by atoms with Crippen molar-refractivity contribution in [3.63, 3.8) is 0 Å². The Hall–Kier alpha value is -2.21. The fraction of sp³-hybridized carbons (Fsp3) is 0.526. The molecule has 1 aromatic rings. The van der Waals surface area contributed by atoms with Gasteiger partial charge in [-0.25, -0.2) is 0 Å². The van der Waals surface area contributed by atoms with E-state index in [2.05, 4.69) is 4.98 Å². The van der Waals surface area contributed by atoms with E-state index in [0.717, 1.165) is 38.2 Å². The van der Waals surface area contributed by atoms with Crippen molar-refractivity contribution in [1.29, 1.82) is 0 Å². The molecule has 2 amide bonds. The summed E-state index contributed by atoms with van der Waals surface area (Å²) in [7, 11) is 7.42. The summed E-state index contributed by atoms with van der Waals surface area (Å²) < 4.78 is 0. The summed E-state index contributed by atoms with van der Waals surface area (Å²) in [4.78, 5) is 34.0. The van der Waals surface area contributed by atoms with Crippen LogP contribution < -0.4 is 0 Å². The van der Waals surface area contributed by atoms with E-state index >= 15 is 0 Å². The van der Waals surface area contributed by atoms with Crippen molar-refractivity contribution in [3.05, 3.63) is 41.7 Å². The van der Waals surface area contributed by atoms with Gasteiger partial charge in [-0.05, 0) is 39.1 Å². The molecule has 1 aromatic heterocycles. The number of pyridine rings is 1. The molecule has 1 aliphatic rings. The number of likely N-dealkylation sites (N-methyl/N-ethyl adjacent to an activating group) is 1. The first-order valence-electron chi connectivity index (χ1n) is 8.66. The predicted molar refractivity (Wildman–Crippen MR) is 98.5 cm³/mol. The van der Waals surface area contributed by atoms with Gasteiger partial charge in [-0.2, -0.15) is 0 Å². The molecule has 0 atom stereocenters. The average Bonchev–Trinajstić information content (AvgIpc) is 2.61. The fourth-order valence-corrected chi connectivity index (χ4v) is 2.90. The second kappa shape index (κ2) is 8.76. The van der Waals surface area contributed by atoms with Crippen molar-refractivity contribution >= 4 is 11.8 Å². The molecule has 2 heterocycles. The van der Waals surface area contributed by atoms with Crippen molar-refractivity contribution < 1.29 is 9.59 Å². The Labute approximate surface area is 150 Å². The number of hydrogen-bond acceptors (Lipinski definition) is 4. The van der Waals surface area contributed by atoms with Crippen LogP contribution in [0, 0.1) is 0 Å². The lowest BCUT2D eigenvalue weighted by molar-refractivity contribution is -0.127. The number of rotatable bonds is 5. The smallest absolute Gasteiger partial charge is 0.254 e. The lowest BCUT2D eigenvalue weighted by Gasteiger charge is -2.31. The Morgan fingerprint density at radius 2 is 1.88 bits per heavy atom. The number of likely N-dealkylation sites (tertiary alicyclic amines) is 1. The van der Waals surface area contributed by atoms with Crippen LogP contribution in [0.5, 0.6) is 0 Å². The summed E-state index contributed by atoms with van der Waals surface area (Å²) in [6, 6.07) is 3.78. The molecule has 2 rings (SSSR count). The van der Waals surface area contributed by atoms with Crippen LogP contribution >= 0.6 is 0 Å². The summed E-state index contributed by atoms with van der Waals surface area (Å²) in [6.45, 7) is 2.26. The zero-order valence-electron chi connectivity index (χ0n) is 15.6. The first kappa shape index (κ1) is 19.1. The highest BCUT2D eigenvalue weighted by molar-refractivity contribution is 5.93. The van der Waals surface area contributed by atoms with Gasteiger partial charge in [0.05, 0.1) is 5.56 Å². The summed E-state index contributed by atoms with van der Waals surface area (Å²) in [5.74, 6) is 0.391. The first-order valence-corrected chi connectivity index (χ1v) is 8.66. The Morgan fingerprint density at radius 3 is 2.40 bits per heavy atom. The fourth-order valence-electron chi connectivity index (χ4n) is 2.90. The minimum Gasteiger partial charge on any atom is -0.345 e. The number of hydrogen-bond donors (Lipinski definition) is 0. The number of piperidine rings is 1. The van der Waals surface area contributed by atoms with E-state index in [1.165, 1.54) is 0 Å². The molecule has 6 nitrogen and oxygen atoms in total. The Kier molecular flexibility index (Phi) is 6.70. The summed E-state index contributed by atoms with van der Waals surface area (Å²) >= 11 is 0. The van der Waals surface area contributed by atoms with E-state index in [0.29, 0.717) is 11.5 Å². The molecule has 1 saturated heterocycles. The molecule has 0 aliphatic carbocycles. The maximum atomic E-state index is 12.2. The van der Waals surface area contributed by atoms with Gasteiger partial charge in [0.15, 0.2) is 0 Å². The molecule has 0 bridgehead atoms. The third-order valence-electron chi connectivity index (χ3n) is 4.40. The third-order valence-corrected chi connectivity index (χ3v) is 4.40. The molecule has 0 N–H and O–H groups in total. The van der Waals surface area contributed by atoms with Crippen molar-refractivity contribution in [1.82, 2.24) is 19.7 Å². The van der Waals surface area contributed by atoms with Gasteiger partial charge in [-0.15, -0.1) is 0 Å². The van der Waals surface area contributed by atoms with Crippen LogP contribution in [-0.2, 0) is 4.79 Å². The zero-order valence-corrected chi connectivity index (χ0v) is 15.6. The SMILES string of the molecule is CN(C)C/C=C/C(=O)N1CCC(c2ccc(C(=O)N(C)C)cn2)CC1. The topological polar surface area (TPSA) is 56.8 Å². The predicted octanol–water partition coefficient (Wildman–Crippen LogP) is 1.61. The van der Waals surface area contributed by atoms with E-state index in [9.17, 15) is 9.59 Å². The second-order valence-corrected chi connectivity index (χ2v) is 6.94. The quantitative estimate of drug-likeness (QED) is 0.762. The average molecular weight is 344 g/mol. The number of nitrogens with zero attached hydrogens (tertiary/aromatic N) is 4.